The molecular formula is C7H6N3OP. The molecule has 0 bridgehead atoms. The molecule has 0 atom stereocenters. The van der Waals surface area contributed by atoms with Crippen molar-refractivity contribution in [3.63, 3.8) is 0 Å². The summed E-state index contributed by atoms with van der Waals surface area (Å²) >= 11 is 0. The van der Waals surface area contributed by atoms with E-state index in [9.17, 15) is 0 Å². The van der Waals surface area contributed by atoms with Gasteiger partial charge in [0.25, 0.3) is 0 Å². The van der Waals surface area contributed by atoms with Crippen LogP contribution in [-0.4, -0.2) is 5.16 Å². The molecule has 5 heteroatoms. The van der Waals surface area contributed by atoms with Gasteiger partial charge in [-0.3, -0.25) is 0 Å². The Labute approximate surface area is 70.7 Å². The maximum Gasteiger partial charge on any atom is 0.206 e. The monoisotopic (exact) mass is 179 g/mol. The van der Waals surface area contributed by atoms with Crippen molar-refractivity contribution in [2.24, 2.45) is 4.74 Å². The van der Waals surface area contributed by atoms with Gasteiger partial charge in [-0.1, -0.05) is 5.16 Å². The molecule has 60 valence electrons. The highest BCUT2D eigenvalue weighted by Crippen LogP contribution is 2.26. The topological polar surface area (TPSA) is 64.4 Å². The van der Waals surface area contributed by atoms with E-state index < -0.39 is 0 Å². The first-order valence-electron chi connectivity index (χ1n) is 3.33. The lowest BCUT2D eigenvalue weighted by atomic mass is 10.2. The summed E-state index contributed by atoms with van der Waals surface area (Å²) in [6.45, 7) is 0. The molecule has 0 aliphatic rings. The summed E-state index contributed by atoms with van der Waals surface area (Å²) in [5.74, 6) is 0.529. The minimum absolute atomic E-state index is 0.529. The van der Waals surface area contributed by atoms with Crippen LogP contribution in [0.4, 0.5) is 11.5 Å². The maximum absolute atomic E-state index is 5.54. The van der Waals surface area contributed by atoms with E-state index >= 15 is 0 Å². The zero-order chi connectivity index (χ0) is 8.55. The van der Waals surface area contributed by atoms with Crippen LogP contribution in [0.1, 0.15) is 0 Å². The van der Waals surface area contributed by atoms with Gasteiger partial charge in [0.05, 0.1) is 5.39 Å². The molecule has 0 radical (unpaired) electrons. The minimum atomic E-state index is 0.529. The van der Waals surface area contributed by atoms with Crippen LogP contribution in [0.3, 0.4) is 0 Å². The van der Waals surface area contributed by atoms with Gasteiger partial charge < -0.3 is 10.3 Å². The summed E-state index contributed by atoms with van der Waals surface area (Å²) in [5, 5.41) is 4.56. The normalized spacial score (nSPS) is 10.3. The fourth-order valence-corrected chi connectivity index (χ4v) is 1.18. The molecule has 0 spiro atoms. The van der Waals surface area contributed by atoms with Crippen molar-refractivity contribution >= 4 is 31.5 Å². The van der Waals surface area contributed by atoms with Crippen molar-refractivity contribution in [3.05, 3.63) is 18.2 Å². The van der Waals surface area contributed by atoms with Gasteiger partial charge in [-0.05, 0) is 21.2 Å². The Morgan fingerprint density at radius 3 is 3.08 bits per heavy atom. The Hall–Kier alpha value is -1.41. The van der Waals surface area contributed by atoms with Gasteiger partial charge in [0.2, 0.25) is 5.82 Å². The first-order chi connectivity index (χ1) is 5.81. The quantitative estimate of drug-likeness (QED) is 0.539. The van der Waals surface area contributed by atoms with E-state index in [1.807, 2.05) is 6.07 Å². The Balaban J connectivity index is 2.81. The molecule has 0 aliphatic heterocycles. The Morgan fingerprint density at radius 1 is 1.50 bits per heavy atom. The van der Waals surface area contributed by atoms with E-state index in [0.29, 0.717) is 17.1 Å². The predicted molar refractivity (Wildman–Crippen MR) is 48.8 cm³/mol. The SMILES string of the molecule is Nc1ccc2c(N=P)noc2c1. The third-order valence-corrected chi connectivity index (χ3v) is 1.79. The van der Waals surface area contributed by atoms with Gasteiger partial charge in [0.1, 0.15) is 0 Å². The average molecular weight is 179 g/mol. The largest absolute Gasteiger partial charge is 0.399 e. The standard InChI is InChI=1S/C7H6N3OP/c8-4-1-2-5-6(3-4)11-9-7(5)10-12/h1-3,12H,8H2. The fourth-order valence-electron chi connectivity index (χ4n) is 1.02. The highest BCUT2D eigenvalue weighted by molar-refractivity contribution is 7.04. The molecule has 0 unspecified atom stereocenters. The molecule has 2 rings (SSSR count). The summed E-state index contributed by atoms with van der Waals surface area (Å²) in [4.78, 5) is 0. The molecule has 0 saturated heterocycles. The third-order valence-electron chi connectivity index (χ3n) is 1.58. The van der Waals surface area contributed by atoms with Crippen molar-refractivity contribution in [3.8, 4) is 0 Å². The second-order valence-corrected chi connectivity index (χ2v) is 2.60. The van der Waals surface area contributed by atoms with Crippen LogP contribution in [0.15, 0.2) is 27.5 Å². The van der Waals surface area contributed by atoms with Crippen molar-refractivity contribution < 1.29 is 4.52 Å². The fraction of sp³-hybridized carbons (Fsp3) is 0. The van der Waals surface area contributed by atoms with Crippen LogP contribution < -0.4 is 5.73 Å². The van der Waals surface area contributed by atoms with Crippen LogP contribution in [-0.2, 0) is 0 Å². The molecule has 0 amide bonds. The van der Waals surface area contributed by atoms with Crippen LogP contribution >= 0.6 is 9.03 Å². The van der Waals surface area contributed by atoms with Crippen molar-refractivity contribution in [2.75, 3.05) is 5.73 Å². The molecule has 2 aromatic rings. The van der Waals surface area contributed by atoms with Gasteiger partial charge >= 0.3 is 0 Å². The second kappa shape index (κ2) is 2.57. The van der Waals surface area contributed by atoms with Gasteiger partial charge in [-0.25, -0.2) is 4.74 Å². The maximum atomic E-state index is 5.54. The highest BCUT2D eigenvalue weighted by Gasteiger charge is 2.05. The number of hydrogen-bond acceptors (Lipinski definition) is 4. The lowest BCUT2D eigenvalue weighted by Crippen LogP contribution is -1.81. The number of rotatable bonds is 1. The van der Waals surface area contributed by atoms with Gasteiger partial charge in [-0.15, -0.1) is 0 Å². The molecule has 0 saturated carbocycles. The zero-order valence-electron chi connectivity index (χ0n) is 6.11. The summed E-state index contributed by atoms with van der Waals surface area (Å²) in [6.07, 6.45) is 0. The van der Waals surface area contributed by atoms with E-state index in [2.05, 4.69) is 18.9 Å². The van der Waals surface area contributed by atoms with Gasteiger partial charge in [0.15, 0.2) is 5.58 Å². The molecule has 4 nitrogen and oxygen atoms in total. The van der Waals surface area contributed by atoms with Crippen molar-refractivity contribution in [1.82, 2.24) is 5.16 Å². The lowest BCUT2D eigenvalue weighted by Gasteiger charge is -1.89. The zero-order valence-corrected chi connectivity index (χ0v) is 7.11. The number of anilines is 1. The van der Waals surface area contributed by atoms with E-state index in [1.54, 1.807) is 12.1 Å². The summed E-state index contributed by atoms with van der Waals surface area (Å²) in [5.41, 5.74) is 6.84. The summed E-state index contributed by atoms with van der Waals surface area (Å²) in [6, 6.07) is 5.31. The Bertz CT molecular complexity index is 437. The van der Waals surface area contributed by atoms with Crippen LogP contribution in [0.25, 0.3) is 11.0 Å². The summed E-state index contributed by atoms with van der Waals surface area (Å²) in [7, 11) is 2.99. The van der Waals surface area contributed by atoms with E-state index in [4.69, 9.17) is 10.3 Å². The lowest BCUT2D eigenvalue weighted by molar-refractivity contribution is 0.459. The van der Waals surface area contributed by atoms with Gasteiger partial charge in [-0.2, -0.15) is 0 Å². The van der Waals surface area contributed by atoms with E-state index in [-0.39, 0.29) is 0 Å². The number of nitrogen functional groups attached to an aromatic ring is 1. The van der Waals surface area contributed by atoms with Gasteiger partial charge in [0, 0.05) is 11.8 Å². The number of fused-ring (bicyclic) bond motifs is 1. The molecule has 12 heavy (non-hydrogen) atoms. The number of nitrogens with two attached hydrogens (primary N) is 1. The molecule has 1 heterocycles. The number of hydrogen-bond donors (Lipinski definition) is 1. The third kappa shape index (κ3) is 0.970. The van der Waals surface area contributed by atoms with Crippen LogP contribution in [0.2, 0.25) is 0 Å². The molecular weight excluding hydrogens is 173 g/mol. The van der Waals surface area contributed by atoms with Crippen LogP contribution in [0.5, 0.6) is 0 Å². The van der Waals surface area contributed by atoms with E-state index in [1.165, 1.54) is 0 Å². The average Bonchev–Trinajstić information content (AvgIpc) is 2.46. The molecule has 1 aromatic carbocycles. The Kier molecular flexibility index (Phi) is 1.55. The molecule has 0 aliphatic carbocycles. The first kappa shape index (κ1) is 7.25. The number of benzene rings is 1. The minimum Gasteiger partial charge on any atom is -0.399 e. The number of aromatic nitrogens is 1. The first-order valence-corrected chi connectivity index (χ1v) is 3.78. The number of nitrogens with zero attached hydrogens (tertiary/aromatic N) is 2. The van der Waals surface area contributed by atoms with Crippen molar-refractivity contribution in [2.45, 2.75) is 0 Å². The molecule has 0 fully saturated rings. The highest BCUT2D eigenvalue weighted by atomic mass is 31.0. The van der Waals surface area contributed by atoms with Crippen molar-refractivity contribution in [1.29, 1.82) is 0 Å². The molecule has 2 N–H and O–H groups in total. The predicted octanol–water partition coefficient (Wildman–Crippen LogP) is 2.37. The Morgan fingerprint density at radius 2 is 2.33 bits per heavy atom. The van der Waals surface area contributed by atoms with E-state index in [0.717, 1.165) is 5.39 Å². The molecule has 1 aromatic heterocycles. The van der Waals surface area contributed by atoms with Crippen LogP contribution in [0, 0.1) is 0 Å². The smallest absolute Gasteiger partial charge is 0.206 e. The second-order valence-electron chi connectivity index (χ2n) is 2.37. The summed E-state index contributed by atoms with van der Waals surface area (Å²) < 4.78 is 8.71.